The van der Waals surface area contributed by atoms with Crippen LogP contribution in [0.4, 0.5) is 0 Å². The van der Waals surface area contributed by atoms with E-state index in [4.69, 9.17) is 0 Å². The van der Waals surface area contributed by atoms with Gasteiger partial charge in [-0.2, -0.15) is 0 Å². The lowest BCUT2D eigenvalue weighted by Gasteiger charge is -2.43. The molecule has 1 aromatic rings. The largest absolute Gasteiger partial charge is 0.339 e. The number of thiophene rings is 1. The molecule has 6 heteroatoms. The molecule has 0 bridgehead atoms. The Morgan fingerprint density at radius 3 is 2.57 bits per heavy atom. The van der Waals surface area contributed by atoms with Crippen LogP contribution in [-0.4, -0.2) is 43.3 Å². The van der Waals surface area contributed by atoms with Crippen LogP contribution in [0.5, 0.6) is 0 Å². The highest BCUT2D eigenvalue weighted by atomic mass is 32.2. The monoisotopic (exact) mass is 327 g/mol. The van der Waals surface area contributed by atoms with Crippen molar-refractivity contribution in [2.75, 3.05) is 18.8 Å². The molecule has 1 aliphatic carbocycles. The summed E-state index contributed by atoms with van der Waals surface area (Å²) in [5, 5.41) is 1.66. The Morgan fingerprint density at radius 1 is 1.38 bits per heavy atom. The van der Waals surface area contributed by atoms with E-state index in [0.717, 1.165) is 30.6 Å². The van der Waals surface area contributed by atoms with Gasteiger partial charge in [-0.05, 0) is 24.3 Å². The third-order valence-corrected chi connectivity index (χ3v) is 8.10. The van der Waals surface area contributed by atoms with Crippen molar-refractivity contribution in [3.63, 3.8) is 0 Å². The molecule has 2 fully saturated rings. The van der Waals surface area contributed by atoms with E-state index >= 15 is 0 Å². The Hall–Kier alpha value is -0.880. The molecule has 1 aliphatic heterocycles. The predicted molar refractivity (Wildman–Crippen MR) is 84.3 cm³/mol. The Kier molecular flexibility index (Phi) is 3.86. The first-order valence-electron chi connectivity index (χ1n) is 7.54. The van der Waals surface area contributed by atoms with Gasteiger partial charge in [0.1, 0.15) is 0 Å². The highest BCUT2D eigenvalue weighted by molar-refractivity contribution is 7.92. The molecule has 1 amide bonds. The zero-order chi connectivity index (χ0) is 15.1. The number of sulfone groups is 1. The second-order valence-electron chi connectivity index (χ2n) is 6.05. The number of rotatable bonds is 4. The Bertz CT molecular complexity index is 609. The minimum Gasteiger partial charge on any atom is -0.339 e. The van der Waals surface area contributed by atoms with E-state index in [2.05, 4.69) is 0 Å². The molecule has 0 spiro atoms. The minimum absolute atomic E-state index is 0.144. The van der Waals surface area contributed by atoms with Crippen LogP contribution in [0.2, 0.25) is 0 Å². The van der Waals surface area contributed by atoms with Crippen LogP contribution < -0.4 is 0 Å². The van der Waals surface area contributed by atoms with Gasteiger partial charge < -0.3 is 4.90 Å². The maximum absolute atomic E-state index is 12.9. The van der Waals surface area contributed by atoms with Gasteiger partial charge in [0.25, 0.3) is 0 Å². The maximum atomic E-state index is 12.9. The average Bonchev–Trinajstić information content (AvgIpc) is 3.08. The molecule has 0 aromatic carbocycles. The zero-order valence-corrected chi connectivity index (χ0v) is 13.9. The lowest BCUT2D eigenvalue weighted by molar-refractivity contribution is -0.140. The summed E-state index contributed by atoms with van der Waals surface area (Å²) < 4.78 is 23.7. The maximum Gasteiger partial charge on any atom is 0.234 e. The van der Waals surface area contributed by atoms with Crippen LogP contribution in [0, 0.1) is 0 Å². The lowest BCUT2D eigenvalue weighted by Crippen LogP contribution is -2.61. The average molecular weight is 327 g/mol. The third-order valence-electron chi connectivity index (χ3n) is 4.90. The van der Waals surface area contributed by atoms with E-state index in [1.807, 2.05) is 17.5 Å². The van der Waals surface area contributed by atoms with E-state index in [1.54, 1.807) is 23.2 Å². The van der Waals surface area contributed by atoms with Gasteiger partial charge in [-0.15, -0.1) is 11.3 Å². The van der Waals surface area contributed by atoms with Gasteiger partial charge in [0.15, 0.2) is 9.84 Å². The van der Waals surface area contributed by atoms with Crippen LogP contribution >= 0.6 is 11.3 Å². The van der Waals surface area contributed by atoms with E-state index in [-0.39, 0.29) is 22.3 Å². The van der Waals surface area contributed by atoms with Gasteiger partial charge in [-0.25, -0.2) is 8.42 Å². The molecule has 1 aromatic heterocycles. The summed E-state index contributed by atoms with van der Waals surface area (Å²) in [6.45, 7) is 2.42. The molecule has 0 unspecified atom stereocenters. The fourth-order valence-electron chi connectivity index (χ4n) is 3.46. The van der Waals surface area contributed by atoms with E-state index < -0.39 is 9.84 Å². The van der Waals surface area contributed by atoms with Gasteiger partial charge in [0.2, 0.25) is 5.91 Å². The van der Waals surface area contributed by atoms with Crippen molar-refractivity contribution in [1.29, 1.82) is 0 Å². The van der Waals surface area contributed by atoms with E-state index in [0.29, 0.717) is 13.1 Å². The summed E-state index contributed by atoms with van der Waals surface area (Å²) in [4.78, 5) is 15.8. The van der Waals surface area contributed by atoms with Gasteiger partial charge >= 0.3 is 0 Å². The highest BCUT2D eigenvalue weighted by Gasteiger charge is 2.49. The van der Waals surface area contributed by atoms with Crippen molar-refractivity contribution in [3.05, 3.63) is 22.4 Å². The quantitative estimate of drug-likeness (QED) is 0.852. The fourth-order valence-corrected chi connectivity index (χ4v) is 5.73. The topological polar surface area (TPSA) is 54.5 Å². The number of hydrogen-bond acceptors (Lipinski definition) is 4. The number of amides is 1. The van der Waals surface area contributed by atoms with Gasteiger partial charge in [0, 0.05) is 23.7 Å². The summed E-state index contributed by atoms with van der Waals surface area (Å²) in [6.07, 6.45) is 3.95. The van der Waals surface area contributed by atoms with Crippen LogP contribution in [0.3, 0.4) is 0 Å². The van der Waals surface area contributed by atoms with Crippen molar-refractivity contribution in [2.45, 2.75) is 43.3 Å². The van der Waals surface area contributed by atoms with Gasteiger partial charge in [-0.3, -0.25) is 4.79 Å². The Balaban J connectivity index is 1.76. The second-order valence-corrected chi connectivity index (χ2v) is 9.57. The molecule has 0 N–H and O–H groups in total. The molecule has 1 saturated carbocycles. The normalized spacial score (nSPS) is 22.2. The number of likely N-dealkylation sites (tertiary alicyclic amines) is 1. The number of carbonyl (C=O) groups excluding carboxylic acids is 1. The smallest absolute Gasteiger partial charge is 0.234 e. The van der Waals surface area contributed by atoms with Gasteiger partial charge in [-0.1, -0.05) is 25.8 Å². The van der Waals surface area contributed by atoms with Crippen molar-refractivity contribution in [3.8, 4) is 0 Å². The molecule has 116 valence electrons. The van der Waals surface area contributed by atoms with Crippen LogP contribution in [0.1, 0.15) is 37.5 Å². The molecule has 2 heterocycles. The van der Waals surface area contributed by atoms with Crippen molar-refractivity contribution in [2.24, 2.45) is 0 Å². The highest BCUT2D eigenvalue weighted by Crippen LogP contribution is 2.45. The predicted octanol–water partition coefficient (Wildman–Crippen LogP) is 2.21. The molecular formula is C15H21NO3S2. The first kappa shape index (κ1) is 15.0. The van der Waals surface area contributed by atoms with Crippen molar-refractivity contribution < 1.29 is 13.2 Å². The number of hydrogen-bond donors (Lipinski definition) is 0. The summed E-state index contributed by atoms with van der Waals surface area (Å²) in [5.74, 6) is 0.306. The molecule has 1 saturated heterocycles. The first-order valence-corrected chi connectivity index (χ1v) is 10.1. The molecule has 4 nitrogen and oxygen atoms in total. The van der Waals surface area contributed by atoms with Crippen molar-refractivity contribution >= 4 is 27.1 Å². The molecule has 0 radical (unpaired) electrons. The molecular weight excluding hydrogens is 306 g/mol. The fraction of sp³-hybridized carbons (Fsp3) is 0.667. The summed E-state index contributed by atoms with van der Waals surface area (Å²) >= 11 is 1.64. The first-order chi connectivity index (χ1) is 9.99. The van der Waals surface area contributed by atoms with Gasteiger partial charge in [0.05, 0.1) is 10.7 Å². The van der Waals surface area contributed by atoms with E-state index in [9.17, 15) is 13.2 Å². The SMILES string of the molecule is CCS(=O)(=O)C1CN(C(=O)C2(c3cccs3)CCCC2)C1. The van der Waals surface area contributed by atoms with Crippen LogP contribution in [-0.2, 0) is 20.0 Å². The second kappa shape index (κ2) is 5.39. The Morgan fingerprint density at radius 2 is 2.05 bits per heavy atom. The lowest BCUT2D eigenvalue weighted by atomic mass is 9.82. The summed E-state index contributed by atoms with van der Waals surface area (Å²) in [7, 11) is -3.02. The molecule has 2 aliphatic rings. The number of nitrogens with zero attached hydrogens (tertiary/aromatic N) is 1. The minimum atomic E-state index is -3.02. The molecule has 21 heavy (non-hydrogen) atoms. The van der Waals surface area contributed by atoms with Crippen molar-refractivity contribution in [1.82, 2.24) is 4.90 Å². The summed E-state index contributed by atoms with van der Waals surface area (Å²) in [5.41, 5.74) is -0.380. The van der Waals surface area contributed by atoms with Crippen LogP contribution in [0.25, 0.3) is 0 Å². The van der Waals surface area contributed by atoms with E-state index in [1.165, 1.54) is 0 Å². The standard InChI is InChI=1S/C15H21NO3S2/c1-2-21(18,19)12-10-16(11-12)14(17)15(7-3-4-8-15)13-6-5-9-20-13/h5-6,9,12H,2-4,7-8,10-11H2,1H3. The zero-order valence-electron chi connectivity index (χ0n) is 12.2. The third kappa shape index (κ3) is 2.42. The molecule has 3 rings (SSSR count). The number of carbonyl (C=O) groups is 1. The molecule has 0 atom stereocenters. The summed E-state index contributed by atoms with van der Waals surface area (Å²) in [6, 6.07) is 4.04. The Labute approximate surface area is 130 Å². The van der Waals surface area contributed by atoms with Crippen LogP contribution in [0.15, 0.2) is 17.5 Å².